The molecule has 0 aliphatic carbocycles. The van der Waals surface area contributed by atoms with Gasteiger partial charge in [-0.15, -0.1) is 0 Å². The average Bonchev–Trinajstić information content (AvgIpc) is 2.59. The first kappa shape index (κ1) is 18.3. The highest BCUT2D eigenvalue weighted by atomic mass is 19.3. The molecule has 0 amide bonds. The molecule has 10 heteroatoms. The molecule has 0 fully saturated rings. The largest absolute Gasteiger partial charge is 0.457 e. The molecule has 0 aliphatic rings. The van der Waals surface area contributed by atoms with Crippen molar-refractivity contribution in [3.63, 3.8) is 0 Å². The van der Waals surface area contributed by atoms with E-state index < -0.39 is 23.6 Å². The normalized spacial score (nSPS) is 12.2. The van der Waals surface area contributed by atoms with E-state index in [1.54, 1.807) is 0 Å². The lowest BCUT2D eigenvalue weighted by Gasteiger charge is -2.05. The van der Waals surface area contributed by atoms with Crippen LogP contribution in [0.5, 0.6) is 6.01 Å². The van der Waals surface area contributed by atoms with Crippen LogP contribution in [-0.2, 0) is 0 Å². The second kappa shape index (κ2) is 8.18. The molecule has 132 valence electrons. The minimum absolute atomic E-state index is 0.0878. The Bertz CT molecular complexity index is 811. The molecule has 0 bridgehead atoms. The van der Waals surface area contributed by atoms with E-state index in [1.165, 1.54) is 19.2 Å². The van der Waals surface area contributed by atoms with Crippen molar-refractivity contribution in [3.8, 4) is 6.01 Å². The van der Waals surface area contributed by atoms with Crippen LogP contribution < -0.4 is 10.6 Å². The lowest BCUT2D eigenvalue weighted by Crippen LogP contribution is -2.16. The predicted octanol–water partition coefficient (Wildman–Crippen LogP) is 3.10. The zero-order valence-electron chi connectivity index (χ0n) is 13.0. The van der Waals surface area contributed by atoms with Gasteiger partial charge in [-0.2, -0.15) is 10.1 Å². The molecule has 2 N–H and O–H groups in total. The Labute approximate surface area is 140 Å². The number of ether oxygens (including phenoxy) is 1. The predicted molar refractivity (Wildman–Crippen MR) is 83.4 cm³/mol. The molecule has 0 aliphatic heterocycles. The summed E-state index contributed by atoms with van der Waals surface area (Å²) in [6.45, 7) is 1.26. The first-order valence-corrected chi connectivity index (χ1v) is 6.91. The van der Waals surface area contributed by atoms with E-state index in [-0.39, 0.29) is 29.7 Å². The molecule has 0 unspecified atom stereocenters. The van der Waals surface area contributed by atoms with Gasteiger partial charge in [0.15, 0.2) is 5.82 Å². The maximum Gasteiger partial charge on any atom is 0.317 e. The van der Waals surface area contributed by atoms with Crippen LogP contribution in [-0.4, -0.2) is 28.5 Å². The number of nitrogens with two attached hydrogens (primary N) is 1. The Morgan fingerprint density at radius 1 is 1.32 bits per heavy atom. The van der Waals surface area contributed by atoms with Gasteiger partial charge in [0, 0.05) is 0 Å². The quantitative estimate of drug-likeness (QED) is 0.373. The molecule has 0 spiro atoms. The lowest BCUT2D eigenvalue weighted by atomic mass is 10.2. The maximum atomic E-state index is 13.2. The summed E-state index contributed by atoms with van der Waals surface area (Å²) >= 11 is 0. The topological polar surface area (TPSA) is 85.8 Å². The Balaban J connectivity index is 2.05. The van der Waals surface area contributed by atoms with Gasteiger partial charge >= 0.3 is 6.01 Å². The Morgan fingerprint density at radius 2 is 2.08 bits per heavy atom. The number of halogens is 4. The van der Waals surface area contributed by atoms with Gasteiger partial charge in [-0.25, -0.2) is 22.5 Å². The van der Waals surface area contributed by atoms with E-state index in [0.29, 0.717) is 0 Å². The van der Waals surface area contributed by atoms with Gasteiger partial charge in [-0.3, -0.25) is 4.99 Å². The van der Waals surface area contributed by atoms with Crippen LogP contribution in [0.25, 0.3) is 0 Å². The van der Waals surface area contributed by atoms with Crippen LogP contribution in [0.2, 0.25) is 0 Å². The third-order valence-corrected chi connectivity index (χ3v) is 2.99. The van der Waals surface area contributed by atoms with Gasteiger partial charge in [0.1, 0.15) is 18.1 Å². The van der Waals surface area contributed by atoms with E-state index in [1.807, 2.05) is 0 Å². The van der Waals surface area contributed by atoms with E-state index in [4.69, 9.17) is 10.6 Å². The monoisotopic (exact) mass is 355 g/mol. The number of aliphatic imine (C=N–C) groups is 1. The standard InChI is InChI=1S/C15H13F4N5O/c1-8-13(17)6-22-15(23-8)25-7-10(24-20)5-21-9-2-3-12(16)11(4-9)14(18)19/h2-6,14H,7,20H2,1H3. The number of aryl methyl sites for hydroxylation is 1. The van der Waals surface area contributed by atoms with Crippen molar-refractivity contribution in [2.75, 3.05) is 6.61 Å². The minimum Gasteiger partial charge on any atom is -0.457 e. The van der Waals surface area contributed by atoms with Gasteiger partial charge in [-0.05, 0) is 25.1 Å². The third kappa shape index (κ3) is 4.96. The number of aromatic nitrogens is 2. The molecule has 6 nitrogen and oxygen atoms in total. The molecule has 25 heavy (non-hydrogen) atoms. The zero-order chi connectivity index (χ0) is 18.4. The van der Waals surface area contributed by atoms with Gasteiger partial charge in [0.25, 0.3) is 6.43 Å². The summed E-state index contributed by atoms with van der Waals surface area (Å²) in [5.41, 5.74) is -0.428. The molecule has 1 heterocycles. The van der Waals surface area contributed by atoms with E-state index >= 15 is 0 Å². The number of hydrogen-bond donors (Lipinski definition) is 1. The van der Waals surface area contributed by atoms with Crippen molar-refractivity contribution in [2.24, 2.45) is 15.9 Å². The van der Waals surface area contributed by atoms with Gasteiger partial charge < -0.3 is 10.6 Å². The lowest BCUT2D eigenvalue weighted by molar-refractivity contribution is 0.146. The van der Waals surface area contributed by atoms with Crippen LogP contribution in [0.15, 0.2) is 34.5 Å². The van der Waals surface area contributed by atoms with Crippen molar-refractivity contribution < 1.29 is 22.3 Å². The van der Waals surface area contributed by atoms with Crippen LogP contribution in [0.4, 0.5) is 23.2 Å². The summed E-state index contributed by atoms with van der Waals surface area (Å²) in [6, 6.07) is 2.94. The first-order valence-electron chi connectivity index (χ1n) is 6.91. The van der Waals surface area contributed by atoms with Crippen molar-refractivity contribution in [3.05, 3.63) is 47.3 Å². The summed E-state index contributed by atoms with van der Waals surface area (Å²) < 4.78 is 56.8. The molecule has 0 saturated heterocycles. The third-order valence-electron chi connectivity index (χ3n) is 2.99. The Morgan fingerprint density at radius 3 is 2.72 bits per heavy atom. The average molecular weight is 355 g/mol. The summed E-state index contributed by atoms with van der Waals surface area (Å²) in [5, 5.41) is 3.42. The van der Waals surface area contributed by atoms with Crippen LogP contribution in [0.3, 0.4) is 0 Å². The number of alkyl halides is 2. The fourth-order valence-electron chi connectivity index (χ4n) is 1.67. The first-order chi connectivity index (χ1) is 11.9. The second-order valence-electron chi connectivity index (χ2n) is 4.76. The SMILES string of the molecule is Cc1nc(OCC(C=Nc2ccc(F)c(C(F)F)c2)=NN)ncc1F. The van der Waals surface area contributed by atoms with Crippen molar-refractivity contribution in [1.82, 2.24) is 9.97 Å². The van der Waals surface area contributed by atoms with E-state index in [0.717, 1.165) is 18.3 Å². The molecule has 0 radical (unpaired) electrons. The van der Waals surface area contributed by atoms with E-state index in [9.17, 15) is 17.6 Å². The van der Waals surface area contributed by atoms with Crippen LogP contribution in [0, 0.1) is 18.6 Å². The summed E-state index contributed by atoms with van der Waals surface area (Å²) in [7, 11) is 0. The molecule has 0 atom stereocenters. The Hall–Kier alpha value is -3.04. The fourth-order valence-corrected chi connectivity index (χ4v) is 1.67. The molecule has 1 aromatic heterocycles. The minimum atomic E-state index is -2.96. The number of hydrazone groups is 1. The number of benzene rings is 1. The maximum absolute atomic E-state index is 13.2. The summed E-state index contributed by atoms with van der Waals surface area (Å²) in [4.78, 5) is 11.3. The van der Waals surface area contributed by atoms with Crippen molar-refractivity contribution >= 4 is 17.6 Å². The van der Waals surface area contributed by atoms with Gasteiger partial charge in [0.05, 0.1) is 29.4 Å². The highest BCUT2D eigenvalue weighted by Crippen LogP contribution is 2.26. The molecular formula is C15H13F4N5O. The summed E-state index contributed by atoms with van der Waals surface area (Å²) in [6.07, 6.45) is -0.839. The molecule has 2 aromatic rings. The van der Waals surface area contributed by atoms with Crippen LogP contribution >= 0.6 is 0 Å². The fraction of sp³-hybridized carbons (Fsp3) is 0.200. The number of nitrogens with zero attached hydrogens (tertiary/aromatic N) is 4. The molecule has 0 saturated carbocycles. The van der Waals surface area contributed by atoms with Crippen LogP contribution in [0.1, 0.15) is 17.7 Å². The highest BCUT2D eigenvalue weighted by molar-refractivity contribution is 6.31. The molecule has 2 rings (SSSR count). The zero-order valence-corrected chi connectivity index (χ0v) is 13.0. The van der Waals surface area contributed by atoms with Crippen molar-refractivity contribution in [1.29, 1.82) is 0 Å². The molecular weight excluding hydrogens is 342 g/mol. The van der Waals surface area contributed by atoms with E-state index in [2.05, 4.69) is 20.1 Å². The highest BCUT2D eigenvalue weighted by Gasteiger charge is 2.13. The summed E-state index contributed by atoms with van der Waals surface area (Å²) in [5.74, 6) is 3.60. The van der Waals surface area contributed by atoms with Crippen molar-refractivity contribution in [2.45, 2.75) is 13.3 Å². The number of rotatable bonds is 6. The van der Waals surface area contributed by atoms with Gasteiger partial charge in [0.2, 0.25) is 0 Å². The number of hydrogen-bond acceptors (Lipinski definition) is 6. The van der Waals surface area contributed by atoms with Gasteiger partial charge in [-0.1, -0.05) is 0 Å². The molecule has 1 aromatic carbocycles. The Kier molecular flexibility index (Phi) is 5.98. The smallest absolute Gasteiger partial charge is 0.317 e. The second-order valence-corrected chi connectivity index (χ2v) is 4.76.